The van der Waals surface area contributed by atoms with Crippen molar-refractivity contribution in [2.75, 3.05) is 15.4 Å². The zero-order valence-corrected chi connectivity index (χ0v) is 17.7. The third-order valence-corrected chi connectivity index (χ3v) is 6.07. The molecule has 8 nitrogen and oxygen atoms in total. The molecule has 4 N–H and O–H groups in total. The summed E-state index contributed by atoms with van der Waals surface area (Å²) in [5.74, 6) is -1.21. The largest absolute Gasteiger partial charge is 0.478 e. The summed E-state index contributed by atoms with van der Waals surface area (Å²) in [5, 5.41) is 14.6. The third kappa shape index (κ3) is 5.40. The van der Waals surface area contributed by atoms with Crippen LogP contribution in [0.2, 0.25) is 0 Å². The summed E-state index contributed by atoms with van der Waals surface area (Å²) in [5.41, 5.74) is 2.09. The second-order valence-corrected chi connectivity index (χ2v) is 8.50. The van der Waals surface area contributed by atoms with Gasteiger partial charge in [0.1, 0.15) is 0 Å². The summed E-state index contributed by atoms with van der Waals surface area (Å²) < 4.78 is 28.3. The zero-order valence-electron chi connectivity index (χ0n) is 16.8. The van der Waals surface area contributed by atoms with Crippen LogP contribution in [-0.4, -0.2) is 25.5 Å². The molecule has 0 aliphatic rings. The number of rotatable bonds is 6. The van der Waals surface area contributed by atoms with E-state index in [1.807, 2.05) is 6.07 Å². The number of aromatic carboxylic acids is 1. The van der Waals surface area contributed by atoms with Crippen molar-refractivity contribution in [3.63, 3.8) is 0 Å². The molecular weight excluding hydrogens is 418 g/mol. The Morgan fingerprint density at radius 3 is 2.10 bits per heavy atom. The molecule has 0 aromatic heterocycles. The molecule has 3 rings (SSSR count). The van der Waals surface area contributed by atoms with Crippen molar-refractivity contribution < 1.29 is 23.1 Å². The molecule has 0 unspecified atom stereocenters. The summed E-state index contributed by atoms with van der Waals surface area (Å²) in [6, 6.07) is 17.1. The van der Waals surface area contributed by atoms with Crippen molar-refractivity contribution in [2.24, 2.45) is 0 Å². The van der Waals surface area contributed by atoms with Gasteiger partial charge < -0.3 is 15.7 Å². The standard InChI is InChI=1S/C22H21N3O5S/c1-14-11-16(21(26)27)12-20(15(14)2)31(29,30)25-19-10-6-9-18(13-19)24-22(28)23-17-7-4-3-5-8-17/h3-13,25H,1-2H3,(H,26,27)(H2,23,24,28). The SMILES string of the molecule is Cc1cc(C(=O)O)cc(S(=O)(=O)Nc2cccc(NC(=O)Nc3ccccc3)c2)c1C. The molecule has 31 heavy (non-hydrogen) atoms. The van der Waals surface area contributed by atoms with Gasteiger partial charge in [-0.3, -0.25) is 4.72 Å². The maximum Gasteiger partial charge on any atom is 0.335 e. The lowest BCUT2D eigenvalue weighted by atomic mass is 10.1. The van der Waals surface area contributed by atoms with Gasteiger partial charge in [0.15, 0.2) is 0 Å². The Hall–Kier alpha value is -3.85. The minimum absolute atomic E-state index is 0.114. The maximum atomic E-state index is 12.9. The van der Waals surface area contributed by atoms with E-state index in [1.165, 1.54) is 18.2 Å². The molecule has 0 spiro atoms. The Morgan fingerprint density at radius 2 is 1.42 bits per heavy atom. The van der Waals surface area contributed by atoms with Gasteiger partial charge in [-0.1, -0.05) is 24.3 Å². The van der Waals surface area contributed by atoms with Crippen LogP contribution in [0.15, 0.2) is 71.6 Å². The topological polar surface area (TPSA) is 125 Å². The van der Waals surface area contributed by atoms with Crippen LogP contribution >= 0.6 is 0 Å². The lowest BCUT2D eigenvalue weighted by Crippen LogP contribution is -2.19. The van der Waals surface area contributed by atoms with Gasteiger partial charge in [-0.25, -0.2) is 18.0 Å². The van der Waals surface area contributed by atoms with E-state index in [2.05, 4.69) is 15.4 Å². The second-order valence-electron chi connectivity index (χ2n) is 6.85. The molecule has 9 heteroatoms. The number of carboxylic acid groups (broad SMARTS) is 1. The first kappa shape index (κ1) is 21.8. The van der Waals surface area contributed by atoms with Crippen molar-refractivity contribution in [2.45, 2.75) is 18.7 Å². The number of carboxylic acids is 1. The van der Waals surface area contributed by atoms with Gasteiger partial charge in [0.2, 0.25) is 0 Å². The van der Waals surface area contributed by atoms with E-state index in [4.69, 9.17) is 0 Å². The number of benzene rings is 3. The molecule has 3 aromatic carbocycles. The van der Waals surface area contributed by atoms with E-state index >= 15 is 0 Å². The van der Waals surface area contributed by atoms with Crippen molar-refractivity contribution in [1.82, 2.24) is 0 Å². The highest BCUT2D eigenvalue weighted by Crippen LogP contribution is 2.25. The van der Waals surface area contributed by atoms with E-state index < -0.39 is 22.0 Å². The molecule has 0 saturated heterocycles. The Labute approximate surface area is 180 Å². The number of nitrogens with one attached hydrogen (secondary N) is 3. The average Bonchev–Trinajstić information content (AvgIpc) is 2.70. The first-order valence-corrected chi connectivity index (χ1v) is 10.7. The molecule has 0 heterocycles. The van der Waals surface area contributed by atoms with Crippen LogP contribution in [0.25, 0.3) is 0 Å². The number of carbonyl (C=O) groups excluding carboxylic acids is 1. The van der Waals surface area contributed by atoms with Gasteiger partial charge in [0.05, 0.1) is 16.1 Å². The van der Waals surface area contributed by atoms with E-state index in [9.17, 15) is 23.1 Å². The molecular formula is C22H21N3O5S. The van der Waals surface area contributed by atoms with Crippen molar-refractivity contribution in [3.05, 3.63) is 83.4 Å². The number of amides is 2. The highest BCUT2D eigenvalue weighted by Gasteiger charge is 2.21. The number of urea groups is 1. The maximum absolute atomic E-state index is 12.9. The summed E-state index contributed by atoms with van der Waals surface area (Å²) in [4.78, 5) is 23.4. The normalized spacial score (nSPS) is 10.9. The molecule has 0 aliphatic heterocycles. The number of sulfonamides is 1. The lowest BCUT2D eigenvalue weighted by molar-refractivity contribution is 0.0696. The summed E-state index contributed by atoms with van der Waals surface area (Å²) >= 11 is 0. The Balaban J connectivity index is 1.80. The molecule has 0 aliphatic carbocycles. The molecule has 0 bridgehead atoms. The van der Waals surface area contributed by atoms with E-state index in [0.29, 0.717) is 22.5 Å². The minimum atomic E-state index is -4.06. The Kier molecular flexibility index (Phi) is 6.26. The monoisotopic (exact) mass is 439 g/mol. The van der Waals surface area contributed by atoms with Gasteiger partial charge >= 0.3 is 12.0 Å². The van der Waals surface area contributed by atoms with Crippen LogP contribution < -0.4 is 15.4 Å². The van der Waals surface area contributed by atoms with Gasteiger partial charge in [-0.2, -0.15) is 0 Å². The number of para-hydroxylation sites is 1. The van der Waals surface area contributed by atoms with Gasteiger partial charge in [0.25, 0.3) is 10.0 Å². The third-order valence-electron chi connectivity index (χ3n) is 4.56. The van der Waals surface area contributed by atoms with Crippen molar-refractivity contribution >= 4 is 39.1 Å². The molecule has 2 amide bonds. The van der Waals surface area contributed by atoms with E-state index in [0.717, 1.165) is 6.07 Å². The van der Waals surface area contributed by atoms with Crippen LogP contribution in [0.3, 0.4) is 0 Å². The Bertz CT molecular complexity index is 1240. The molecule has 0 radical (unpaired) electrons. The van der Waals surface area contributed by atoms with E-state index in [1.54, 1.807) is 50.2 Å². The number of aryl methyl sites for hydroxylation is 1. The number of hydrogen-bond donors (Lipinski definition) is 4. The predicted octanol–water partition coefficient (Wildman–Crippen LogP) is 4.45. The van der Waals surface area contributed by atoms with Crippen molar-refractivity contribution in [3.8, 4) is 0 Å². The zero-order chi connectivity index (χ0) is 22.6. The molecule has 0 atom stereocenters. The number of anilines is 3. The number of carbonyl (C=O) groups is 2. The second kappa shape index (κ2) is 8.88. The van der Waals surface area contributed by atoms with Gasteiger partial charge in [0, 0.05) is 11.4 Å². The first-order chi connectivity index (χ1) is 14.7. The summed E-state index contributed by atoms with van der Waals surface area (Å²) in [6.45, 7) is 3.26. The Morgan fingerprint density at radius 1 is 0.806 bits per heavy atom. The van der Waals surface area contributed by atoms with Crippen LogP contribution in [0.5, 0.6) is 0 Å². The molecule has 3 aromatic rings. The van der Waals surface area contributed by atoms with Crippen LogP contribution in [0, 0.1) is 13.8 Å². The highest BCUT2D eigenvalue weighted by molar-refractivity contribution is 7.92. The summed E-state index contributed by atoms with van der Waals surface area (Å²) in [6.07, 6.45) is 0. The van der Waals surface area contributed by atoms with E-state index in [-0.39, 0.29) is 16.1 Å². The first-order valence-electron chi connectivity index (χ1n) is 9.26. The van der Waals surface area contributed by atoms with Gasteiger partial charge in [-0.15, -0.1) is 0 Å². The van der Waals surface area contributed by atoms with Crippen LogP contribution in [0.4, 0.5) is 21.9 Å². The smallest absolute Gasteiger partial charge is 0.335 e. The fourth-order valence-electron chi connectivity index (χ4n) is 2.92. The fraction of sp³-hybridized carbons (Fsp3) is 0.0909. The quantitative estimate of drug-likeness (QED) is 0.452. The van der Waals surface area contributed by atoms with Gasteiger partial charge in [-0.05, 0) is 67.4 Å². The minimum Gasteiger partial charge on any atom is -0.478 e. The average molecular weight is 439 g/mol. The summed E-state index contributed by atoms with van der Waals surface area (Å²) in [7, 11) is -4.06. The van der Waals surface area contributed by atoms with Crippen molar-refractivity contribution in [1.29, 1.82) is 0 Å². The van der Waals surface area contributed by atoms with Crippen LogP contribution in [0.1, 0.15) is 21.5 Å². The van der Waals surface area contributed by atoms with Crippen LogP contribution in [-0.2, 0) is 10.0 Å². The number of hydrogen-bond acceptors (Lipinski definition) is 4. The lowest BCUT2D eigenvalue weighted by Gasteiger charge is -2.14. The molecule has 160 valence electrons. The molecule has 0 saturated carbocycles. The fourth-order valence-corrected chi connectivity index (χ4v) is 4.31. The highest BCUT2D eigenvalue weighted by atomic mass is 32.2. The predicted molar refractivity (Wildman–Crippen MR) is 119 cm³/mol. The molecule has 0 fully saturated rings.